The molecule has 2 rings (SSSR count). The van der Waals surface area contributed by atoms with Gasteiger partial charge < -0.3 is 4.90 Å². The van der Waals surface area contributed by atoms with Crippen molar-refractivity contribution in [3.63, 3.8) is 0 Å². The number of hydrogen-bond acceptors (Lipinski definition) is 7. The van der Waals surface area contributed by atoms with Crippen LogP contribution in [-0.2, 0) is 6.54 Å². The van der Waals surface area contributed by atoms with Crippen LogP contribution in [0.5, 0.6) is 0 Å². The van der Waals surface area contributed by atoms with Gasteiger partial charge in [0.1, 0.15) is 5.69 Å². The SMILES string of the molecule is Cc1ncc(CN(C)c2ccc([N+](=O)[O-])cc2[N+](=O)[O-])s1. The Labute approximate surface area is 124 Å². The lowest BCUT2D eigenvalue weighted by Crippen LogP contribution is -2.17. The first-order chi connectivity index (χ1) is 9.88. The van der Waals surface area contributed by atoms with Gasteiger partial charge in [-0.1, -0.05) is 0 Å². The third-order valence-electron chi connectivity index (χ3n) is 2.84. The zero-order chi connectivity index (χ0) is 15.6. The van der Waals surface area contributed by atoms with Crippen LogP contribution >= 0.6 is 11.3 Å². The summed E-state index contributed by atoms with van der Waals surface area (Å²) in [6, 6.07) is 3.63. The van der Waals surface area contributed by atoms with Gasteiger partial charge in [0.05, 0.1) is 27.5 Å². The van der Waals surface area contributed by atoms with Crippen molar-refractivity contribution in [3.05, 3.63) is 54.5 Å². The molecule has 8 nitrogen and oxygen atoms in total. The number of nitrogens with zero attached hydrogens (tertiary/aromatic N) is 4. The van der Waals surface area contributed by atoms with E-state index in [2.05, 4.69) is 4.98 Å². The number of rotatable bonds is 5. The van der Waals surface area contributed by atoms with Crippen molar-refractivity contribution in [2.24, 2.45) is 0 Å². The number of aromatic nitrogens is 1. The minimum absolute atomic E-state index is 0.284. The summed E-state index contributed by atoms with van der Waals surface area (Å²) < 4.78 is 0. The van der Waals surface area contributed by atoms with Crippen molar-refractivity contribution in [3.8, 4) is 0 Å². The van der Waals surface area contributed by atoms with Crippen LogP contribution in [0.4, 0.5) is 17.1 Å². The third-order valence-corrected chi connectivity index (χ3v) is 3.74. The maximum atomic E-state index is 11.1. The molecule has 0 bridgehead atoms. The van der Waals surface area contributed by atoms with Crippen LogP contribution in [0, 0.1) is 27.2 Å². The second-order valence-electron chi connectivity index (χ2n) is 4.39. The van der Waals surface area contributed by atoms with Crippen LogP contribution in [0.1, 0.15) is 9.88 Å². The largest absolute Gasteiger partial charge is 0.364 e. The zero-order valence-electron chi connectivity index (χ0n) is 11.3. The molecule has 0 amide bonds. The Kier molecular flexibility index (Phi) is 4.13. The van der Waals surface area contributed by atoms with Crippen molar-refractivity contribution in [2.45, 2.75) is 13.5 Å². The molecule has 0 N–H and O–H groups in total. The normalized spacial score (nSPS) is 10.4. The molecule has 2 aromatic rings. The van der Waals surface area contributed by atoms with E-state index in [9.17, 15) is 20.2 Å². The lowest BCUT2D eigenvalue weighted by molar-refractivity contribution is -0.393. The molecule has 1 heterocycles. The highest BCUT2D eigenvalue weighted by atomic mass is 32.1. The van der Waals surface area contributed by atoms with E-state index < -0.39 is 9.85 Å². The number of hydrogen-bond donors (Lipinski definition) is 0. The predicted molar refractivity (Wildman–Crippen MR) is 78.7 cm³/mol. The van der Waals surface area contributed by atoms with E-state index in [-0.39, 0.29) is 11.4 Å². The highest BCUT2D eigenvalue weighted by molar-refractivity contribution is 7.11. The molecule has 0 saturated heterocycles. The Morgan fingerprint density at radius 2 is 2.00 bits per heavy atom. The van der Waals surface area contributed by atoms with E-state index in [0.717, 1.165) is 16.0 Å². The first-order valence-corrected chi connectivity index (χ1v) is 6.75. The average molecular weight is 308 g/mol. The molecular weight excluding hydrogens is 296 g/mol. The predicted octanol–water partition coefficient (Wildman–Crippen LogP) is 2.90. The van der Waals surface area contributed by atoms with E-state index in [1.54, 1.807) is 18.1 Å². The van der Waals surface area contributed by atoms with Crippen molar-refractivity contribution < 1.29 is 9.85 Å². The van der Waals surface area contributed by atoms with E-state index >= 15 is 0 Å². The van der Waals surface area contributed by atoms with Gasteiger partial charge in [0.2, 0.25) is 0 Å². The van der Waals surface area contributed by atoms with Gasteiger partial charge in [-0.2, -0.15) is 0 Å². The van der Waals surface area contributed by atoms with Gasteiger partial charge in [-0.15, -0.1) is 11.3 Å². The first-order valence-electron chi connectivity index (χ1n) is 5.93. The molecular formula is C12H12N4O4S. The second-order valence-corrected chi connectivity index (χ2v) is 5.71. The maximum Gasteiger partial charge on any atom is 0.299 e. The quantitative estimate of drug-likeness (QED) is 0.621. The molecule has 1 aromatic carbocycles. The summed E-state index contributed by atoms with van der Waals surface area (Å²) in [4.78, 5) is 27.3. The number of aryl methyl sites for hydroxylation is 1. The molecule has 0 aliphatic carbocycles. The number of thiazole rings is 1. The number of anilines is 1. The van der Waals surface area contributed by atoms with Gasteiger partial charge in [0, 0.05) is 24.2 Å². The van der Waals surface area contributed by atoms with E-state index in [4.69, 9.17) is 0 Å². The molecule has 1 aromatic heterocycles. The molecule has 0 saturated carbocycles. The smallest absolute Gasteiger partial charge is 0.299 e. The minimum atomic E-state index is -0.649. The highest BCUT2D eigenvalue weighted by Crippen LogP contribution is 2.32. The minimum Gasteiger partial charge on any atom is -0.364 e. The van der Waals surface area contributed by atoms with Gasteiger partial charge in [-0.25, -0.2) is 4.98 Å². The van der Waals surface area contributed by atoms with Gasteiger partial charge in [0.25, 0.3) is 11.4 Å². The molecule has 110 valence electrons. The van der Waals surface area contributed by atoms with E-state index in [1.165, 1.54) is 23.5 Å². The van der Waals surface area contributed by atoms with Crippen LogP contribution in [0.15, 0.2) is 24.4 Å². The molecule has 0 fully saturated rings. The Balaban J connectivity index is 2.33. The van der Waals surface area contributed by atoms with E-state index in [0.29, 0.717) is 12.2 Å². The van der Waals surface area contributed by atoms with Crippen LogP contribution in [-0.4, -0.2) is 21.9 Å². The summed E-state index contributed by atoms with van der Waals surface area (Å²) in [6.07, 6.45) is 1.72. The molecule has 0 spiro atoms. The Morgan fingerprint density at radius 3 is 2.52 bits per heavy atom. The molecule has 0 atom stereocenters. The Bertz CT molecular complexity index is 700. The average Bonchev–Trinajstić information content (AvgIpc) is 2.83. The lowest BCUT2D eigenvalue weighted by atomic mass is 10.2. The molecule has 0 radical (unpaired) electrons. The molecule has 0 aliphatic heterocycles. The van der Waals surface area contributed by atoms with Gasteiger partial charge in [-0.3, -0.25) is 20.2 Å². The van der Waals surface area contributed by atoms with Crippen molar-refractivity contribution in [1.29, 1.82) is 0 Å². The fourth-order valence-corrected chi connectivity index (χ4v) is 2.74. The molecule has 0 unspecified atom stereocenters. The van der Waals surface area contributed by atoms with Gasteiger partial charge >= 0.3 is 0 Å². The zero-order valence-corrected chi connectivity index (χ0v) is 12.2. The standard InChI is InChI=1S/C12H12N4O4S/c1-8-13-6-10(21-8)7-14(2)11-4-3-9(15(17)18)5-12(11)16(19)20/h3-6H,7H2,1-2H3. The maximum absolute atomic E-state index is 11.1. The van der Waals surface area contributed by atoms with Crippen molar-refractivity contribution in [2.75, 3.05) is 11.9 Å². The lowest BCUT2D eigenvalue weighted by Gasteiger charge is -2.17. The van der Waals surface area contributed by atoms with Gasteiger partial charge in [0.15, 0.2) is 0 Å². The summed E-state index contributed by atoms with van der Waals surface area (Å²) in [7, 11) is 1.70. The summed E-state index contributed by atoms with van der Waals surface area (Å²) in [5.74, 6) is 0. The molecule has 9 heteroatoms. The Hall–Kier alpha value is -2.55. The summed E-state index contributed by atoms with van der Waals surface area (Å²) in [5, 5.41) is 22.7. The van der Waals surface area contributed by atoms with Crippen molar-refractivity contribution >= 4 is 28.4 Å². The van der Waals surface area contributed by atoms with E-state index in [1.807, 2.05) is 6.92 Å². The topological polar surface area (TPSA) is 102 Å². The van der Waals surface area contributed by atoms with Crippen LogP contribution in [0.3, 0.4) is 0 Å². The van der Waals surface area contributed by atoms with Crippen LogP contribution < -0.4 is 4.90 Å². The van der Waals surface area contributed by atoms with Gasteiger partial charge in [-0.05, 0) is 13.0 Å². The first kappa shape index (κ1) is 14.9. The van der Waals surface area contributed by atoms with Crippen LogP contribution in [0.25, 0.3) is 0 Å². The molecule has 0 aliphatic rings. The second kappa shape index (κ2) is 5.83. The fourth-order valence-electron chi connectivity index (χ4n) is 1.89. The number of nitro benzene ring substituents is 2. The Morgan fingerprint density at radius 1 is 1.29 bits per heavy atom. The molecule has 21 heavy (non-hydrogen) atoms. The van der Waals surface area contributed by atoms with Crippen LogP contribution in [0.2, 0.25) is 0 Å². The summed E-state index contributed by atoms with van der Waals surface area (Å²) >= 11 is 1.50. The third kappa shape index (κ3) is 3.31. The fraction of sp³-hybridized carbons (Fsp3) is 0.250. The number of benzene rings is 1. The summed E-state index contributed by atoms with van der Waals surface area (Å²) in [5.41, 5.74) is -0.253. The monoisotopic (exact) mass is 308 g/mol. The summed E-state index contributed by atoms with van der Waals surface area (Å²) in [6.45, 7) is 2.33. The number of non-ortho nitro benzene ring substituents is 1. The van der Waals surface area contributed by atoms with Crippen molar-refractivity contribution in [1.82, 2.24) is 4.98 Å². The highest BCUT2D eigenvalue weighted by Gasteiger charge is 2.22. The number of nitro groups is 2.